The minimum Gasteiger partial charge on any atom is -0.508 e. The first-order chi connectivity index (χ1) is 8.88. The first kappa shape index (κ1) is 14.7. The van der Waals surface area contributed by atoms with E-state index in [2.05, 4.69) is 4.74 Å². The Hall–Kier alpha value is -2.41. The molecule has 0 aromatic heterocycles. The summed E-state index contributed by atoms with van der Waals surface area (Å²) < 4.78 is 4.29. The Balaban J connectivity index is 2.51. The summed E-state index contributed by atoms with van der Waals surface area (Å²) in [5.41, 5.74) is 6.20. The summed E-state index contributed by atoms with van der Waals surface area (Å²) >= 11 is 0. The highest BCUT2D eigenvalue weighted by Gasteiger charge is 2.20. The maximum Gasteiger partial charge on any atom is 0.330 e. The monoisotopic (exact) mass is 267 g/mol. The van der Waals surface area contributed by atoms with Crippen molar-refractivity contribution in [2.24, 2.45) is 5.73 Å². The van der Waals surface area contributed by atoms with Crippen molar-refractivity contribution < 1.29 is 29.3 Å². The lowest BCUT2D eigenvalue weighted by atomic mass is 10.1. The van der Waals surface area contributed by atoms with Gasteiger partial charge in [-0.1, -0.05) is 12.1 Å². The minimum atomic E-state index is -1.38. The largest absolute Gasteiger partial charge is 0.508 e. The molecular formula is C12H13NO6. The standard InChI is InChI=1S/C12H13NO6/c13-9(5-7-1-3-8(14)4-2-7)12(18)19-11(17)6-10(15)16/h1-4,9,14H,5-6,13H2,(H,15,16)/t9-/m0/s1. The van der Waals surface area contributed by atoms with Crippen LogP contribution < -0.4 is 5.73 Å². The van der Waals surface area contributed by atoms with Crippen LogP contribution in [0.5, 0.6) is 5.75 Å². The number of aliphatic carboxylic acids is 1. The molecule has 0 bridgehead atoms. The van der Waals surface area contributed by atoms with Crippen molar-refractivity contribution >= 4 is 17.9 Å². The van der Waals surface area contributed by atoms with Crippen molar-refractivity contribution in [1.82, 2.24) is 0 Å². The molecule has 0 spiro atoms. The molecule has 0 aliphatic rings. The molecule has 102 valence electrons. The third kappa shape index (κ3) is 5.17. The number of hydrogen-bond donors (Lipinski definition) is 3. The number of hydrogen-bond acceptors (Lipinski definition) is 6. The molecule has 4 N–H and O–H groups in total. The van der Waals surface area contributed by atoms with Crippen LogP contribution >= 0.6 is 0 Å². The molecule has 0 radical (unpaired) electrons. The summed E-state index contributed by atoms with van der Waals surface area (Å²) in [5, 5.41) is 17.4. The number of phenolic OH excluding ortho intramolecular Hbond substituents is 1. The molecule has 0 heterocycles. The molecule has 0 saturated heterocycles. The third-order valence-electron chi connectivity index (χ3n) is 2.20. The lowest BCUT2D eigenvalue weighted by Gasteiger charge is -2.10. The topological polar surface area (TPSA) is 127 Å². The van der Waals surface area contributed by atoms with Crippen LogP contribution in [0, 0.1) is 0 Å². The van der Waals surface area contributed by atoms with Crippen molar-refractivity contribution in [2.75, 3.05) is 0 Å². The number of aromatic hydroxyl groups is 1. The normalized spacial score (nSPS) is 11.6. The van der Waals surface area contributed by atoms with E-state index < -0.39 is 30.4 Å². The quantitative estimate of drug-likeness (QED) is 0.498. The zero-order chi connectivity index (χ0) is 14.4. The lowest BCUT2D eigenvalue weighted by Crippen LogP contribution is -2.36. The van der Waals surface area contributed by atoms with E-state index in [-0.39, 0.29) is 12.2 Å². The van der Waals surface area contributed by atoms with Gasteiger partial charge in [0.05, 0.1) is 0 Å². The summed E-state index contributed by atoms with van der Waals surface area (Å²) in [6.45, 7) is 0. The molecule has 0 saturated carbocycles. The van der Waals surface area contributed by atoms with Crippen molar-refractivity contribution in [1.29, 1.82) is 0 Å². The fraction of sp³-hybridized carbons (Fsp3) is 0.250. The SMILES string of the molecule is N[C@@H](Cc1ccc(O)cc1)C(=O)OC(=O)CC(=O)O. The van der Waals surface area contributed by atoms with Gasteiger partial charge >= 0.3 is 17.9 Å². The molecule has 7 nitrogen and oxygen atoms in total. The molecule has 1 aromatic rings. The number of carbonyl (C=O) groups is 3. The highest BCUT2D eigenvalue weighted by molar-refractivity contribution is 5.96. The molecule has 1 rings (SSSR count). The van der Waals surface area contributed by atoms with Crippen molar-refractivity contribution in [3.63, 3.8) is 0 Å². The van der Waals surface area contributed by atoms with Crippen LogP contribution in [0.3, 0.4) is 0 Å². The van der Waals surface area contributed by atoms with Crippen molar-refractivity contribution in [3.8, 4) is 5.75 Å². The zero-order valence-corrected chi connectivity index (χ0v) is 9.91. The Kier molecular flexibility index (Phi) is 5.01. The molecule has 19 heavy (non-hydrogen) atoms. The molecule has 1 aromatic carbocycles. The van der Waals surface area contributed by atoms with Gasteiger partial charge in [0, 0.05) is 0 Å². The second-order valence-electron chi connectivity index (χ2n) is 3.84. The second-order valence-corrected chi connectivity index (χ2v) is 3.84. The number of carboxylic acids is 1. The number of esters is 2. The number of ether oxygens (including phenoxy) is 1. The van der Waals surface area contributed by atoms with Gasteiger partial charge in [-0.15, -0.1) is 0 Å². The fourth-order valence-corrected chi connectivity index (χ4v) is 1.32. The van der Waals surface area contributed by atoms with Gasteiger partial charge in [0.1, 0.15) is 18.2 Å². The molecule has 0 unspecified atom stereocenters. The van der Waals surface area contributed by atoms with Crippen molar-refractivity contribution in [2.45, 2.75) is 18.9 Å². The van der Waals surface area contributed by atoms with E-state index in [0.29, 0.717) is 5.56 Å². The van der Waals surface area contributed by atoms with E-state index in [1.165, 1.54) is 12.1 Å². The molecule has 0 aliphatic heterocycles. The first-order valence-electron chi connectivity index (χ1n) is 5.38. The maximum atomic E-state index is 11.4. The van der Waals surface area contributed by atoms with Gasteiger partial charge in [-0.05, 0) is 24.1 Å². The highest BCUT2D eigenvalue weighted by atomic mass is 16.6. The average Bonchev–Trinajstić information content (AvgIpc) is 2.30. The van der Waals surface area contributed by atoms with Crippen LogP contribution in [0.1, 0.15) is 12.0 Å². The Labute approximate surface area is 108 Å². The van der Waals surface area contributed by atoms with Gasteiger partial charge in [0.25, 0.3) is 0 Å². The van der Waals surface area contributed by atoms with E-state index in [1.54, 1.807) is 12.1 Å². The molecule has 0 fully saturated rings. The third-order valence-corrected chi connectivity index (χ3v) is 2.20. The minimum absolute atomic E-state index is 0.0801. The number of nitrogens with two attached hydrogens (primary N) is 1. The van der Waals surface area contributed by atoms with Crippen LogP contribution in [0.4, 0.5) is 0 Å². The van der Waals surface area contributed by atoms with E-state index in [0.717, 1.165) is 0 Å². The zero-order valence-electron chi connectivity index (χ0n) is 9.91. The van der Waals surface area contributed by atoms with Crippen LogP contribution in [0.25, 0.3) is 0 Å². The van der Waals surface area contributed by atoms with E-state index in [4.69, 9.17) is 15.9 Å². The van der Waals surface area contributed by atoms with Crippen molar-refractivity contribution in [3.05, 3.63) is 29.8 Å². The summed E-state index contributed by atoms with van der Waals surface area (Å²) in [6, 6.07) is 4.93. The summed E-state index contributed by atoms with van der Waals surface area (Å²) in [7, 11) is 0. The van der Waals surface area contributed by atoms with E-state index >= 15 is 0 Å². The predicted octanol–water partition coefficient (Wildman–Crippen LogP) is -0.194. The van der Waals surface area contributed by atoms with Gasteiger partial charge in [-0.2, -0.15) is 0 Å². The summed E-state index contributed by atoms with van der Waals surface area (Å²) in [5.74, 6) is -3.44. The Morgan fingerprint density at radius 1 is 1.21 bits per heavy atom. The number of phenols is 1. The molecule has 0 amide bonds. The molecule has 0 aliphatic carbocycles. The van der Waals surface area contributed by atoms with Crippen LogP contribution in [0.2, 0.25) is 0 Å². The summed E-state index contributed by atoms with van der Waals surface area (Å²) in [6.07, 6.45) is -0.781. The fourth-order valence-electron chi connectivity index (χ4n) is 1.32. The van der Waals surface area contributed by atoms with Crippen LogP contribution in [-0.4, -0.2) is 34.2 Å². The van der Waals surface area contributed by atoms with Gasteiger partial charge in [-0.3, -0.25) is 9.59 Å². The van der Waals surface area contributed by atoms with Gasteiger partial charge in [0.15, 0.2) is 0 Å². The Morgan fingerprint density at radius 2 is 1.79 bits per heavy atom. The second kappa shape index (κ2) is 6.50. The highest BCUT2D eigenvalue weighted by Crippen LogP contribution is 2.11. The predicted molar refractivity (Wildman–Crippen MR) is 63.1 cm³/mol. The van der Waals surface area contributed by atoms with E-state index in [1.807, 2.05) is 0 Å². The van der Waals surface area contributed by atoms with Gasteiger partial charge < -0.3 is 20.7 Å². The molecular weight excluding hydrogens is 254 g/mol. The van der Waals surface area contributed by atoms with Crippen LogP contribution in [0.15, 0.2) is 24.3 Å². The molecule has 7 heteroatoms. The average molecular weight is 267 g/mol. The van der Waals surface area contributed by atoms with Gasteiger partial charge in [0.2, 0.25) is 0 Å². The summed E-state index contributed by atoms with van der Waals surface area (Å²) in [4.78, 5) is 32.6. The smallest absolute Gasteiger partial charge is 0.330 e. The Bertz CT molecular complexity index is 481. The number of carboxylic acid groups (broad SMARTS) is 1. The van der Waals surface area contributed by atoms with Crippen LogP contribution in [-0.2, 0) is 25.5 Å². The lowest BCUT2D eigenvalue weighted by molar-refractivity contribution is -0.162. The first-order valence-corrected chi connectivity index (χ1v) is 5.38. The number of carbonyl (C=O) groups excluding carboxylic acids is 2. The number of rotatable bonds is 5. The maximum absolute atomic E-state index is 11.4. The molecule has 1 atom stereocenters. The van der Waals surface area contributed by atoms with Gasteiger partial charge in [-0.25, -0.2) is 4.79 Å². The van der Waals surface area contributed by atoms with E-state index in [9.17, 15) is 14.4 Å². The Morgan fingerprint density at radius 3 is 2.32 bits per heavy atom. The number of benzene rings is 1.